The van der Waals surface area contributed by atoms with E-state index in [1.54, 1.807) is 6.07 Å². The van der Waals surface area contributed by atoms with E-state index in [1.165, 1.54) is 32.4 Å². The van der Waals surface area contributed by atoms with Crippen molar-refractivity contribution in [2.45, 2.75) is 19.3 Å². The van der Waals surface area contributed by atoms with Crippen molar-refractivity contribution in [3.63, 3.8) is 0 Å². The predicted octanol–water partition coefficient (Wildman–Crippen LogP) is 3.86. The van der Waals surface area contributed by atoms with Crippen LogP contribution >= 0.6 is 23.2 Å². The van der Waals surface area contributed by atoms with E-state index in [2.05, 4.69) is 4.90 Å². The van der Waals surface area contributed by atoms with Gasteiger partial charge in [-0.1, -0.05) is 35.7 Å². The number of ether oxygens (including phenoxy) is 1. The molecule has 0 saturated carbocycles. The number of rotatable bonds is 4. The summed E-state index contributed by atoms with van der Waals surface area (Å²) in [6.45, 7) is 4.00. The minimum absolute atomic E-state index is 0.507. The molecule has 0 unspecified atom stereocenters. The highest BCUT2D eigenvalue weighted by molar-refractivity contribution is 6.42. The van der Waals surface area contributed by atoms with E-state index < -0.39 is 0 Å². The third kappa shape index (κ3) is 3.77. The number of piperidine rings is 1. The van der Waals surface area contributed by atoms with Crippen LogP contribution in [-0.4, -0.2) is 31.1 Å². The van der Waals surface area contributed by atoms with Crippen molar-refractivity contribution in [2.75, 3.05) is 26.2 Å². The van der Waals surface area contributed by atoms with Crippen LogP contribution in [0.3, 0.4) is 0 Å². The Labute approximate surface area is 112 Å². The van der Waals surface area contributed by atoms with Crippen molar-refractivity contribution < 1.29 is 4.74 Å². The van der Waals surface area contributed by atoms with Crippen LogP contribution in [0.5, 0.6) is 5.75 Å². The molecule has 2 rings (SSSR count). The molecule has 2 nitrogen and oxygen atoms in total. The SMILES string of the molecule is Clc1cccc(OCCN2CCCCC2)c1Cl. The first-order valence-corrected chi connectivity index (χ1v) is 6.82. The average molecular weight is 274 g/mol. The third-order valence-electron chi connectivity index (χ3n) is 3.03. The zero-order valence-corrected chi connectivity index (χ0v) is 11.3. The van der Waals surface area contributed by atoms with Crippen LogP contribution in [0.1, 0.15) is 19.3 Å². The molecule has 0 atom stereocenters. The van der Waals surface area contributed by atoms with Gasteiger partial charge in [0.15, 0.2) is 0 Å². The fraction of sp³-hybridized carbons (Fsp3) is 0.538. The Kier molecular flexibility index (Phi) is 4.96. The maximum atomic E-state index is 6.04. The normalized spacial score (nSPS) is 17.1. The predicted molar refractivity (Wildman–Crippen MR) is 72.2 cm³/mol. The Morgan fingerprint density at radius 2 is 1.88 bits per heavy atom. The van der Waals surface area contributed by atoms with Crippen molar-refractivity contribution in [3.05, 3.63) is 28.2 Å². The second-order valence-electron chi connectivity index (χ2n) is 4.30. The van der Waals surface area contributed by atoms with E-state index in [0.717, 1.165) is 6.54 Å². The Morgan fingerprint density at radius 3 is 2.65 bits per heavy atom. The molecule has 0 N–H and O–H groups in total. The summed E-state index contributed by atoms with van der Waals surface area (Å²) in [5.74, 6) is 0.677. The Balaban J connectivity index is 1.79. The Bertz CT molecular complexity index is 364. The van der Waals surface area contributed by atoms with E-state index in [4.69, 9.17) is 27.9 Å². The number of benzene rings is 1. The molecule has 1 heterocycles. The van der Waals surface area contributed by atoms with Crippen LogP contribution in [0.25, 0.3) is 0 Å². The van der Waals surface area contributed by atoms with Crippen molar-refractivity contribution in [1.29, 1.82) is 0 Å². The second kappa shape index (κ2) is 6.48. The van der Waals surface area contributed by atoms with Crippen molar-refractivity contribution in [2.24, 2.45) is 0 Å². The van der Waals surface area contributed by atoms with E-state index in [-0.39, 0.29) is 0 Å². The van der Waals surface area contributed by atoms with Gasteiger partial charge in [-0.25, -0.2) is 0 Å². The fourth-order valence-corrected chi connectivity index (χ4v) is 2.41. The number of halogens is 2. The number of nitrogens with zero attached hydrogens (tertiary/aromatic N) is 1. The summed E-state index contributed by atoms with van der Waals surface area (Å²) in [4.78, 5) is 2.43. The van der Waals surface area contributed by atoms with Gasteiger partial charge in [-0.3, -0.25) is 4.90 Å². The van der Waals surface area contributed by atoms with Crippen molar-refractivity contribution >= 4 is 23.2 Å². The quantitative estimate of drug-likeness (QED) is 0.826. The molecule has 1 fully saturated rings. The average Bonchev–Trinajstić information content (AvgIpc) is 2.36. The van der Waals surface area contributed by atoms with Crippen LogP contribution in [0, 0.1) is 0 Å². The Morgan fingerprint density at radius 1 is 1.12 bits per heavy atom. The first-order valence-electron chi connectivity index (χ1n) is 6.06. The van der Waals surface area contributed by atoms with Gasteiger partial charge >= 0.3 is 0 Å². The summed E-state index contributed by atoms with van der Waals surface area (Å²) in [6.07, 6.45) is 3.97. The summed E-state index contributed by atoms with van der Waals surface area (Å²) in [5.41, 5.74) is 0. The monoisotopic (exact) mass is 273 g/mol. The summed E-state index contributed by atoms with van der Waals surface area (Å²) in [6, 6.07) is 5.47. The summed E-state index contributed by atoms with van der Waals surface area (Å²) >= 11 is 12.0. The second-order valence-corrected chi connectivity index (χ2v) is 5.09. The molecule has 1 aromatic carbocycles. The van der Waals surface area contributed by atoms with Crippen molar-refractivity contribution in [3.8, 4) is 5.75 Å². The van der Waals surface area contributed by atoms with Crippen LogP contribution in [0.2, 0.25) is 10.0 Å². The van der Waals surface area contributed by atoms with E-state index in [1.807, 2.05) is 12.1 Å². The molecule has 1 aliphatic rings. The van der Waals surface area contributed by atoms with Crippen LogP contribution in [0.15, 0.2) is 18.2 Å². The molecule has 0 aromatic heterocycles. The molecule has 0 spiro atoms. The molecule has 94 valence electrons. The summed E-state index contributed by atoms with van der Waals surface area (Å²) in [7, 11) is 0. The number of hydrogen-bond acceptors (Lipinski definition) is 2. The van der Waals surface area contributed by atoms with Gasteiger partial charge in [-0.15, -0.1) is 0 Å². The topological polar surface area (TPSA) is 12.5 Å². The zero-order chi connectivity index (χ0) is 12.1. The minimum atomic E-state index is 0.507. The largest absolute Gasteiger partial charge is 0.491 e. The number of hydrogen-bond donors (Lipinski definition) is 0. The lowest BCUT2D eigenvalue weighted by molar-refractivity contribution is 0.183. The summed E-state index contributed by atoms with van der Waals surface area (Å²) in [5, 5.41) is 1.05. The lowest BCUT2D eigenvalue weighted by Gasteiger charge is -2.26. The van der Waals surface area contributed by atoms with Gasteiger partial charge in [-0.2, -0.15) is 0 Å². The molecular weight excluding hydrogens is 257 g/mol. The van der Waals surface area contributed by atoms with Gasteiger partial charge in [0.2, 0.25) is 0 Å². The standard InChI is InChI=1S/C13H17Cl2NO/c14-11-5-4-6-12(13(11)15)17-10-9-16-7-2-1-3-8-16/h4-6H,1-3,7-10H2. The fourth-order valence-electron chi connectivity index (χ4n) is 2.06. The number of likely N-dealkylation sites (tertiary alicyclic amines) is 1. The van der Waals surface area contributed by atoms with Gasteiger partial charge in [-0.05, 0) is 38.1 Å². The smallest absolute Gasteiger partial charge is 0.139 e. The highest BCUT2D eigenvalue weighted by Gasteiger charge is 2.10. The van der Waals surface area contributed by atoms with E-state index in [0.29, 0.717) is 22.4 Å². The molecule has 1 saturated heterocycles. The van der Waals surface area contributed by atoms with E-state index in [9.17, 15) is 0 Å². The first kappa shape index (κ1) is 13.0. The maximum absolute atomic E-state index is 6.04. The first-order chi connectivity index (χ1) is 8.27. The molecule has 0 aliphatic carbocycles. The summed E-state index contributed by atoms with van der Waals surface area (Å²) < 4.78 is 5.66. The third-order valence-corrected chi connectivity index (χ3v) is 3.83. The molecule has 17 heavy (non-hydrogen) atoms. The highest BCUT2D eigenvalue weighted by Crippen LogP contribution is 2.31. The van der Waals surface area contributed by atoms with Crippen LogP contribution in [-0.2, 0) is 0 Å². The van der Waals surface area contributed by atoms with Gasteiger partial charge in [0.05, 0.1) is 5.02 Å². The lowest BCUT2D eigenvalue weighted by Crippen LogP contribution is -2.33. The molecule has 0 bridgehead atoms. The molecule has 1 aromatic rings. The molecule has 0 amide bonds. The van der Waals surface area contributed by atoms with Gasteiger partial charge < -0.3 is 4.74 Å². The molecule has 1 aliphatic heterocycles. The molecule has 4 heteroatoms. The van der Waals surface area contributed by atoms with E-state index >= 15 is 0 Å². The lowest BCUT2D eigenvalue weighted by atomic mass is 10.1. The van der Waals surface area contributed by atoms with Gasteiger partial charge in [0.25, 0.3) is 0 Å². The van der Waals surface area contributed by atoms with Crippen LogP contribution in [0.4, 0.5) is 0 Å². The minimum Gasteiger partial charge on any atom is -0.491 e. The maximum Gasteiger partial charge on any atom is 0.139 e. The molecular formula is C13H17Cl2NO. The highest BCUT2D eigenvalue weighted by atomic mass is 35.5. The van der Waals surface area contributed by atoms with Gasteiger partial charge in [0.1, 0.15) is 17.4 Å². The molecule has 0 radical (unpaired) electrons. The Hall–Kier alpha value is -0.440. The zero-order valence-electron chi connectivity index (χ0n) is 9.79. The van der Waals surface area contributed by atoms with Gasteiger partial charge in [0, 0.05) is 6.54 Å². The van der Waals surface area contributed by atoms with Crippen molar-refractivity contribution in [1.82, 2.24) is 4.90 Å². The van der Waals surface area contributed by atoms with Crippen LogP contribution < -0.4 is 4.74 Å².